The normalized spacial score (nSPS) is 23.4. The van der Waals surface area contributed by atoms with Gasteiger partial charge < -0.3 is 9.83 Å². The third kappa shape index (κ3) is 4.67. The van der Waals surface area contributed by atoms with E-state index in [9.17, 15) is 5.02 Å². The minimum Gasteiger partial charge on any atom is -0.437 e. The minimum atomic E-state index is -0.311. The van der Waals surface area contributed by atoms with Gasteiger partial charge in [-0.2, -0.15) is 0 Å². The number of nitrogens with zero attached hydrogens (tertiary/aromatic N) is 3. The molecule has 1 aromatic heterocycles. The molecule has 0 saturated carbocycles. The molecule has 2 saturated heterocycles. The van der Waals surface area contributed by atoms with Crippen LogP contribution in [0.15, 0.2) is 34.9 Å². The van der Waals surface area contributed by atoms with E-state index >= 15 is 0 Å². The lowest BCUT2D eigenvalue weighted by atomic mass is 9.75. The van der Waals surface area contributed by atoms with E-state index in [0.29, 0.717) is 0 Å². The zero-order chi connectivity index (χ0) is 22.2. The molecular formula is C25H32BBrClN3O. The van der Waals surface area contributed by atoms with Crippen molar-refractivity contribution in [2.45, 2.75) is 51.4 Å². The molecule has 32 heavy (non-hydrogen) atoms. The number of pyridine rings is 1. The van der Waals surface area contributed by atoms with Crippen molar-refractivity contribution < 1.29 is 5.02 Å². The molecule has 0 amide bonds. The Kier molecular flexibility index (Phi) is 6.97. The lowest BCUT2D eigenvalue weighted by Crippen LogP contribution is -2.46. The van der Waals surface area contributed by atoms with Gasteiger partial charge in [0.15, 0.2) is 0 Å². The fourth-order valence-corrected chi connectivity index (χ4v) is 6.77. The number of hydrogen-bond acceptors (Lipinski definition) is 4. The second-order valence-electron chi connectivity index (χ2n) is 9.82. The second kappa shape index (κ2) is 9.75. The predicted molar refractivity (Wildman–Crippen MR) is 135 cm³/mol. The van der Waals surface area contributed by atoms with Crippen molar-refractivity contribution in [3.63, 3.8) is 0 Å². The van der Waals surface area contributed by atoms with E-state index in [0.717, 1.165) is 60.4 Å². The number of fused-ring (bicyclic) bond motifs is 2. The van der Waals surface area contributed by atoms with Gasteiger partial charge in [0.25, 0.3) is 0 Å². The van der Waals surface area contributed by atoms with E-state index in [4.69, 9.17) is 16.6 Å². The van der Waals surface area contributed by atoms with Crippen LogP contribution in [-0.2, 0) is 12.8 Å². The minimum absolute atomic E-state index is 0.214. The van der Waals surface area contributed by atoms with Crippen molar-refractivity contribution in [2.24, 2.45) is 11.8 Å². The monoisotopic (exact) mass is 515 g/mol. The smallest absolute Gasteiger partial charge is 0.376 e. The molecule has 3 heterocycles. The first-order valence-corrected chi connectivity index (χ1v) is 13.3. The Balaban J connectivity index is 1.35. The fraction of sp³-hybridized carbons (Fsp3) is 0.560. The number of likely N-dealkylation sites (tertiary alicyclic amines) is 1. The van der Waals surface area contributed by atoms with E-state index in [1.165, 1.54) is 48.1 Å². The lowest BCUT2D eigenvalue weighted by molar-refractivity contribution is 0.0962. The Bertz CT molecular complexity index is 905. The van der Waals surface area contributed by atoms with Crippen LogP contribution in [0.1, 0.15) is 54.1 Å². The van der Waals surface area contributed by atoms with Crippen LogP contribution in [0.5, 0.6) is 0 Å². The summed E-state index contributed by atoms with van der Waals surface area (Å²) in [7, 11) is -0.311. The number of aryl methyl sites for hydroxylation is 2. The molecule has 1 unspecified atom stereocenters. The summed E-state index contributed by atoms with van der Waals surface area (Å²) in [6.07, 6.45) is 8.92. The molecule has 2 aromatic rings. The molecule has 1 aromatic carbocycles. The Hall–Kier alpha value is -0.915. The van der Waals surface area contributed by atoms with Crippen LogP contribution in [0.25, 0.3) is 0 Å². The summed E-state index contributed by atoms with van der Waals surface area (Å²) in [4.78, 5) is 9.81. The zero-order valence-corrected chi connectivity index (χ0v) is 21.2. The van der Waals surface area contributed by atoms with E-state index in [2.05, 4.69) is 43.8 Å². The number of rotatable bonds is 3. The second-order valence-corrected chi connectivity index (χ2v) is 11.2. The van der Waals surface area contributed by atoms with Crippen LogP contribution in [0.4, 0.5) is 0 Å². The van der Waals surface area contributed by atoms with Crippen molar-refractivity contribution in [3.05, 3.63) is 62.3 Å². The van der Waals surface area contributed by atoms with Gasteiger partial charge in [-0.05, 0) is 134 Å². The van der Waals surface area contributed by atoms with Crippen LogP contribution in [0, 0.1) is 11.8 Å². The van der Waals surface area contributed by atoms with Crippen LogP contribution >= 0.6 is 27.5 Å². The Morgan fingerprint density at radius 1 is 1.00 bits per heavy atom. The summed E-state index contributed by atoms with van der Waals surface area (Å²) in [6, 6.07) is 8.91. The average Bonchev–Trinajstić information content (AvgIpc) is 2.95. The fourth-order valence-electron chi connectivity index (χ4n) is 6.20. The number of halogens is 2. The average molecular weight is 517 g/mol. The maximum absolute atomic E-state index is 9.87. The Morgan fingerprint density at radius 3 is 2.34 bits per heavy atom. The summed E-state index contributed by atoms with van der Waals surface area (Å²) in [5.74, 6) is 1.60. The van der Waals surface area contributed by atoms with Crippen LogP contribution in [0.3, 0.4) is 0 Å². The van der Waals surface area contributed by atoms with Gasteiger partial charge in [-0.3, -0.25) is 9.88 Å². The third-order valence-corrected chi connectivity index (χ3v) is 8.67. The third-order valence-electron chi connectivity index (χ3n) is 8.00. The summed E-state index contributed by atoms with van der Waals surface area (Å²) >= 11 is 10.0. The van der Waals surface area contributed by atoms with E-state index in [-0.39, 0.29) is 13.1 Å². The topological polar surface area (TPSA) is 39.6 Å². The molecule has 0 bridgehead atoms. The molecule has 3 aliphatic rings. The molecule has 4 nitrogen and oxygen atoms in total. The standard InChI is InChI=1S/C25H32BBrClN3O/c1-26(32)31-12-8-18(9-13-31)17-6-10-30(11-7-17)25-23-5-4-22(28)15-19(23)2-3-20-14-21(27)16-29-24(20)25/h4-5,14-18,25,32H,2-3,6-13H2,1H3. The maximum Gasteiger partial charge on any atom is 0.376 e. The van der Waals surface area contributed by atoms with Gasteiger partial charge >= 0.3 is 7.05 Å². The molecule has 7 heteroatoms. The van der Waals surface area contributed by atoms with Gasteiger partial charge in [0.05, 0.1) is 11.7 Å². The lowest BCUT2D eigenvalue weighted by Gasteiger charge is -2.43. The highest BCUT2D eigenvalue weighted by atomic mass is 79.9. The molecule has 2 fully saturated rings. The number of piperidine rings is 2. The van der Waals surface area contributed by atoms with Gasteiger partial charge in [0.2, 0.25) is 0 Å². The first-order chi connectivity index (χ1) is 15.5. The largest absolute Gasteiger partial charge is 0.437 e. The molecular weight excluding hydrogens is 484 g/mol. The number of hydrogen-bond donors (Lipinski definition) is 1. The quantitative estimate of drug-likeness (QED) is 0.568. The van der Waals surface area contributed by atoms with Gasteiger partial charge in [0.1, 0.15) is 0 Å². The van der Waals surface area contributed by atoms with E-state index in [1.807, 2.05) is 19.1 Å². The molecule has 1 aliphatic carbocycles. The summed E-state index contributed by atoms with van der Waals surface area (Å²) in [5, 5.41) is 10.7. The van der Waals surface area contributed by atoms with Crippen molar-refractivity contribution in [3.8, 4) is 0 Å². The molecule has 5 rings (SSSR count). The van der Waals surface area contributed by atoms with Crippen molar-refractivity contribution in [1.29, 1.82) is 0 Å². The maximum atomic E-state index is 9.87. The SMILES string of the molecule is CB(O)N1CCC(C2CCN(C3c4ccc(Cl)cc4CCc4cc(Br)cnc43)CC2)CC1. The Morgan fingerprint density at radius 2 is 1.66 bits per heavy atom. The highest BCUT2D eigenvalue weighted by Crippen LogP contribution is 2.41. The van der Waals surface area contributed by atoms with E-state index in [1.54, 1.807) is 0 Å². The van der Waals surface area contributed by atoms with Crippen LogP contribution < -0.4 is 0 Å². The zero-order valence-electron chi connectivity index (χ0n) is 18.8. The van der Waals surface area contributed by atoms with Gasteiger partial charge in [-0.25, -0.2) is 0 Å². The van der Waals surface area contributed by atoms with Crippen molar-refractivity contribution in [1.82, 2.24) is 14.7 Å². The number of benzene rings is 1. The molecule has 0 radical (unpaired) electrons. The van der Waals surface area contributed by atoms with Gasteiger partial charge in [-0.1, -0.05) is 17.7 Å². The first kappa shape index (κ1) is 22.9. The summed E-state index contributed by atoms with van der Waals surface area (Å²) in [6.45, 7) is 6.19. The molecule has 1 N–H and O–H groups in total. The highest BCUT2D eigenvalue weighted by molar-refractivity contribution is 9.10. The van der Waals surface area contributed by atoms with E-state index < -0.39 is 0 Å². The predicted octanol–water partition coefficient (Wildman–Crippen LogP) is 5.22. The van der Waals surface area contributed by atoms with Crippen molar-refractivity contribution >= 4 is 34.6 Å². The highest BCUT2D eigenvalue weighted by Gasteiger charge is 2.36. The van der Waals surface area contributed by atoms with Gasteiger partial charge in [-0.15, -0.1) is 0 Å². The summed E-state index contributed by atoms with van der Waals surface area (Å²) < 4.78 is 1.06. The first-order valence-electron chi connectivity index (χ1n) is 12.1. The number of aromatic nitrogens is 1. The van der Waals surface area contributed by atoms with Crippen LogP contribution in [0.2, 0.25) is 11.8 Å². The molecule has 1 atom stereocenters. The van der Waals surface area contributed by atoms with Crippen molar-refractivity contribution in [2.75, 3.05) is 26.2 Å². The van der Waals surface area contributed by atoms with Gasteiger partial charge in [0, 0.05) is 15.7 Å². The van der Waals surface area contributed by atoms with Crippen LogP contribution in [-0.4, -0.2) is 52.9 Å². The Labute approximate surface area is 205 Å². The molecule has 0 spiro atoms. The summed E-state index contributed by atoms with van der Waals surface area (Å²) in [5.41, 5.74) is 5.32. The molecule has 2 aliphatic heterocycles. The molecule has 170 valence electrons.